The lowest BCUT2D eigenvalue weighted by Gasteiger charge is -2.39. The fourth-order valence-corrected chi connectivity index (χ4v) is 5.56. The number of benzene rings is 2. The first-order valence-electron chi connectivity index (χ1n) is 10.5. The van der Waals surface area contributed by atoms with E-state index in [9.17, 15) is 0 Å². The van der Waals surface area contributed by atoms with Crippen molar-refractivity contribution in [2.45, 2.75) is 45.5 Å². The van der Waals surface area contributed by atoms with Crippen LogP contribution in [-0.4, -0.2) is 31.9 Å². The first-order chi connectivity index (χ1) is 14.4. The molecule has 0 bridgehead atoms. The predicted octanol–water partition coefficient (Wildman–Crippen LogP) is 6.33. The van der Waals surface area contributed by atoms with Crippen LogP contribution in [0, 0.1) is 25.2 Å². The lowest BCUT2D eigenvalue weighted by atomic mass is 10.0. The summed E-state index contributed by atoms with van der Waals surface area (Å²) in [6, 6.07) is 12.9. The Kier molecular flexibility index (Phi) is 5.08. The largest absolute Gasteiger partial charge is 0.341 e. The van der Waals surface area contributed by atoms with Gasteiger partial charge >= 0.3 is 0 Å². The third kappa shape index (κ3) is 3.24. The third-order valence-corrected chi connectivity index (χ3v) is 7.58. The highest BCUT2D eigenvalue weighted by molar-refractivity contribution is 8.01. The molecule has 0 saturated carbocycles. The Labute approximate surface area is 187 Å². The monoisotopic (exact) mass is 437 g/mol. The molecule has 155 valence electrons. The molecule has 0 amide bonds. The molecule has 5 rings (SSSR count). The zero-order chi connectivity index (χ0) is 21.0. The van der Waals surface area contributed by atoms with Crippen molar-refractivity contribution >= 4 is 40.1 Å². The number of rotatable bonds is 3. The van der Waals surface area contributed by atoms with Gasteiger partial charge in [-0.05, 0) is 50.8 Å². The number of nitrogens with zero attached hydrogens (tertiary/aromatic N) is 3. The highest BCUT2D eigenvalue weighted by Gasteiger charge is 2.42. The Morgan fingerprint density at radius 1 is 1.13 bits per heavy atom. The van der Waals surface area contributed by atoms with E-state index in [1.807, 2.05) is 19.1 Å². The van der Waals surface area contributed by atoms with Crippen molar-refractivity contribution in [3.63, 3.8) is 0 Å². The first-order valence-corrected chi connectivity index (χ1v) is 11.8. The molecule has 2 aliphatic heterocycles. The zero-order valence-electron chi connectivity index (χ0n) is 17.7. The van der Waals surface area contributed by atoms with Crippen LogP contribution < -0.4 is 0 Å². The number of aryl methyl sites for hydroxylation is 2. The van der Waals surface area contributed by atoms with Crippen LogP contribution in [0.2, 0.25) is 5.02 Å². The fraction of sp³-hybridized carbons (Fsp3) is 0.375. The molecule has 2 aromatic carbocycles. The molecule has 0 aliphatic carbocycles. The number of aromatic nitrogens is 2. The average molecular weight is 438 g/mol. The Balaban J connectivity index is 1.54. The van der Waals surface area contributed by atoms with Crippen molar-refractivity contribution in [2.75, 3.05) is 6.54 Å². The van der Waals surface area contributed by atoms with Gasteiger partial charge in [0.15, 0.2) is 0 Å². The molecule has 1 N–H and O–H groups in total. The molecular weight excluding hydrogens is 412 g/mol. The summed E-state index contributed by atoms with van der Waals surface area (Å²) < 4.78 is 0. The number of H-pyrrole nitrogens is 1. The highest BCUT2D eigenvalue weighted by atomic mass is 35.5. The van der Waals surface area contributed by atoms with Crippen molar-refractivity contribution in [3.8, 4) is 0 Å². The molecule has 3 aromatic rings. The van der Waals surface area contributed by atoms with Crippen LogP contribution in [0.25, 0.3) is 16.7 Å². The van der Waals surface area contributed by atoms with Gasteiger partial charge in [-0.15, -0.1) is 0 Å². The maximum Gasteiger partial charge on any atom is 0.126 e. The van der Waals surface area contributed by atoms with E-state index >= 15 is 0 Å². The average Bonchev–Trinajstić information content (AvgIpc) is 3.42. The summed E-state index contributed by atoms with van der Waals surface area (Å²) in [7, 11) is 0. The van der Waals surface area contributed by atoms with Gasteiger partial charge in [-0.25, -0.2) is 9.99 Å². The first kappa shape index (κ1) is 20.0. The van der Waals surface area contributed by atoms with Gasteiger partial charge < -0.3 is 4.98 Å². The molecule has 1 saturated heterocycles. The molecule has 6 heteroatoms. The van der Waals surface area contributed by atoms with Gasteiger partial charge in [0.2, 0.25) is 0 Å². The molecule has 1 fully saturated rings. The molecular formula is C24H26ClN4S. The Hall–Kier alpha value is -1.95. The van der Waals surface area contributed by atoms with E-state index in [-0.39, 0.29) is 6.04 Å². The van der Waals surface area contributed by atoms with Gasteiger partial charge in [-0.1, -0.05) is 60.1 Å². The second-order valence-electron chi connectivity index (χ2n) is 8.44. The quantitative estimate of drug-likeness (QED) is 0.519. The fourth-order valence-electron chi connectivity index (χ4n) is 4.59. The second kappa shape index (κ2) is 7.63. The van der Waals surface area contributed by atoms with Gasteiger partial charge in [0.1, 0.15) is 5.82 Å². The van der Waals surface area contributed by atoms with Gasteiger partial charge in [-0.3, -0.25) is 5.01 Å². The van der Waals surface area contributed by atoms with E-state index in [2.05, 4.69) is 65.4 Å². The van der Waals surface area contributed by atoms with E-state index in [0.717, 1.165) is 46.1 Å². The van der Waals surface area contributed by atoms with Crippen molar-refractivity contribution < 1.29 is 0 Å². The Morgan fingerprint density at radius 2 is 1.90 bits per heavy atom. The number of hydrogen-bond donors (Lipinski definition) is 1. The molecule has 3 atom stereocenters. The summed E-state index contributed by atoms with van der Waals surface area (Å²) in [5.41, 5.74) is 6.70. The number of halogens is 1. The predicted molar refractivity (Wildman–Crippen MR) is 126 cm³/mol. The third-order valence-electron chi connectivity index (χ3n) is 6.32. The summed E-state index contributed by atoms with van der Waals surface area (Å²) in [6.07, 6.45) is 1.14. The van der Waals surface area contributed by atoms with Crippen LogP contribution in [0.3, 0.4) is 0 Å². The number of nitrogens with one attached hydrogen (secondary N) is 1. The van der Waals surface area contributed by atoms with E-state index in [1.165, 1.54) is 11.1 Å². The van der Waals surface area contributed by atoms with Crippen LogP contribution in [0.5, 0.6) is 0 Å². The highest BCUT2D eigenvalue weighted by Crippen LogP contribution is 2.45. The molecule has 0 spiro atoms. The molecule has 2 aliphatic rings. The number of hydrazine groups is 1. The van der Waals surface area contributed by atoms with Gasteiger partial charge in [0.25, 0.3) is 0 Å². The van der Waals surface area contributed by atoms with E-state index in [1.54, 1.807) is 11.8 Å². The Bertz CT molecular complexity index is 1120. The standard InChI is InChI=1S/C24H26ClN4S/c1-14-5-7-18(8-6-14)21-13-30-17(4)29(21)28-12-11-15(2)23(28)24-26-20-10-9-19(25)16(3)22(20)27-24/h5-10,15,17,23H,11-12H2,1-4H3,(H,26,27)/t15-,17?,23-/m0/s1. The SMILES string of the molecule is Cc1ccc(C2=[C]SC(C)N2N2CC[C@H](C)[C@H]2c2nc3c(C)c(Cl)ccc3[nH]2)cc1. The van der Waals surface area contributed by atoms with E-state index < -0.39 is 0 Å². The molecule has 1 radical (unpaired) electrons. The smallest absolute Gasteiger partial charge is 0.126 e. The molecule has 1 aromatic heterocycles. The van der Waals surface area contributed by atoms with Crippen LogP contribution >= 0.6 is 23.4 Å². The number of thioether (sulfide) groups is 1. The minimum Gasteiger partial charge on any atom is -0.341 e. The summed E-state index contributed by atoms with van der Waals surface area (Å²) in [6.45, 7) is 9.74. The van der Waals surface area contributed by atoms with E-state index in [4.69, 9.17) is 16.6 Å². The Morgan fingerprint density at radius 3 is 2.67 bits per heavy atom. The normalized spacial score (nSPS) is 24.8. The molecule has 30 heavy (non-hydrogen) atoms. The van der Waals surface area contributed by atoms with E-state index in [0.29, 0.717) is 11.3 Å². The van der Waals surface area contributed by atoms with Gasteiger partial charge in [0.05, 0.1) is 33.6 Å². The second-order valence-corrected chi connectivity index (χ2v) is 9.97. The van der Waals surface area contributed by atoms with Crippen LogP contribution in [0.1, 0.15) is 48.8 Å². The number of imidazole rings is 1. The van der Waals surface area contributed by atoms with Crippen LogP contribution in [0.4, 0.5) is 0 Å². The van der Waals surface area contributed by atoms with Crippen LogP contribution in [-0.2, 0) is 0 Å². The summed E-state index contributed by atoms with van der Waals surface area (Å²) >= 11 is 8.10. The van der Waals surface area contributed by atoms with Crippen molar-refractivity contribution in [2.24, 2.45) is 5.92 Å². The lowest BCUT2D eigenvalue weighted by Crippen LogP contribution is -2.43. The van der Waals surface area contributed by atoms with Crippen molar-refractivity contribution in [3.05, 3.63) is 69.3 Å². The van der Waals surface area contributed by atoms with Gasteiger partial charge in [-0.2, -0.15) is 0 Å². The summed E-state index contributed by atoms with van der Waals surface area (Å²) in [5, 5.41) is 9.55. The number of fused-ring (bicyclic) bond motifs is 1. The maximum atomic E-state index is 6.35. The lowest BCUT2D eigenvalue weighted by molar-refractivity contribution is 0.00534. The minimum atomic E-state index is 0.193. The minimum absolute atomic E-state index is 0.193. The molecule has 1 unspecified atom stereocenters. The maximum absolute atomic E-state index is 6.35. The number of hydrogen-bond acceptors (Lipinski definition) is 4. The topological polar surface area (TPSA) is 35.2 Å². The number of aromatic amines is 1. The van der Waals surface area contributed by atoms with Crippen LogP contribution in [0.15, 0.2) is 36.4 Å². The molecule has 4 nitrogen and oxygen atoms in total. The molecule has 3 heterocycles. The summed E-state index contributed by atoms with van der Waals surface area (Å²) in [4.78, 5) is 8.61. The van der Waals surface area contributed by atoms with Gasteiger partial charge in [0, 0.05) is 17.1 Å². The van der Waals surface area contributed by atoms with Crippen molar-refractivity contribution in [1.29, 1.82) is 0 Å². The summed E-state index contributed by atoms with van der Waals surface area (Å²) in [5.74, 6) is 1.52. The van der Waals surface area contributed by atoms with Crippen molar-refractivity contribution in [1.82, 2.24) is 20.0 Å². The zero-order valence-corrected chi connectivity index (χ0v) is 19.3.